The van der Waals surface area contributed by atoms with Gasteiger partial charge in [0, 0.05) is 37.6 Å². The second-order valence-electron chi connectivity index (χ2n) is 13.2. The van der Waals surface area contributed by atoms with E-state index in [0.29, 0.717) is 25.2 Å². The predicted molar refractivity (Wildman–Crippen MR) is 192 cm³/mol. The summed E-state index contributed by atoms with van der Waals surface area (Å²) >= 11 is 1.52. The van der Waals surface area contributed by atoms with Crippen molar-refractivity contribution < 1.29 is 28.3 Å². The molecular formula is C35H47N7O6S2. The highest BCUT2D eigenvalue weighted by Gasteiger charge is 2.41. The van der Waals surface area contributed by atoms with Crippen LogP contribution in [0, 0.1) is 12.8 Å². The van der Waals surface area contributed by atoms with E-state index in [1.807, 2.05) is 56.5 Å². The molecule has 0 saturated carbocycles. The van der Waals surface area contributed by atoms with Crippen LogP contribution in [-0.4, -0.2) is 113 Å². The Hall–Kier alpha value is -3.89. The summed E-state index contributed by atoms with van der Waals surface area (Å²) < 4.78 is 29.4. The number of sulfonamides is 1. The van der Waals surface area contributed by atoms with E-state index in [-0.39, 0.29) is 42.4 Å². The van der Waals surface area contributed by atoms with E-state index in [1.165, 1.54) is 46.1 Å². The number of aryl methyl sites for hydroxylation is 1. The third-order valence-electron chi connectivity index (χ3n) is 9.17. The van der Waals surface area contributed by atoms with E-state index in [2.05, 4.69) is 20.8 Å². The number of nitrogens with one attached hydrogen (secondary N) is 2. The van der Waals surface area contributed by atoms with Crippen molar-refractivity contribution >= 4 is 39.5 Å². The van der Waals surface area contributed by atoms with E-state index in [0.717, 1.165) is 35.7 Å². The van der Waals surface area contributed by atoms with Gasteiger partial charge in [-0.2, -0.15) is 4.31 Å². The van der Waals surface area contributed by atoms with E-state index < -0.39 is 34.1 Å². The quantitative estimate of drug-likeness (QED) is 0.0994. The number of aliphatic hydroxyl groups is 1. The first-order valence-electron chi connectivity index (χ1n) is 17.0. The van der Waals surface area contributed by atoms with Crippen LogP contribution < -0.4 is 10.6 Å². The van der Waals surface area contributed by atoms with Crippen LogP contribution in [0.15, 0.2) is 70.0 Å². The average Bonchev–Trinajstić information content (AvgIpc) is 3.84. The number of hydrogen-bond donors (Lipinski definition) is 4. The number of benzene rings is 2. The molecule has 2 aromatic carbocycles. The number of urea groups is 1. The largest absolute Gasteiger partial charge is 0.411 e. The summed E-state index contributed by atoms with van der Waals surface area (Å²) in [6.45, 7) is 7.50. The lowest BCUT2D eigenvalue weighted by Crippen LogP contribution is -2.57. The maximum absolute atomic E-state index is 14.1. The first kappa shape index (κ1) is 37.4. The van der Waals surface area contributed by atoms with Crippen LogP contribution in [0.2, 0.25) is 0 Å². The lowest BCUT2D eigenvalue weighted by atomic mass is 9.97. The summed E-state index contributed by atoms with van der Waals surface area (Å²) in [4.78, 5) is 35.5. The molecule has 2 aliphatic rings. The molecule has 2 saturated heterocycles. The minimum atomic E-state index is -4.08. The topological polar surface area (TPSA) is 168 Å². The number of aromatic nitrogens is 1. The zero-order valence-corrected chi connectivity index (χ0v) is 30.3. The standard InChI is InChI=1S/C35H47N7O6S2/c1-24(2)33(42-17-16-40(35(42)45)20-29-23-49-25(3)38-29)34(44)39-31(18-26-8-5-4-6-9-26)32(43)22-41(21-28-10-7-15-36-28)50(47,48)30-13-11-27(12-14-30)19-37-46/h4-6,8-9,11-14,19,23-24,28,31-33,36,43,46H,7,10,15-18,20-22H2,1-3H3,(H,39,44)/t28?,31-,32+,33-/m0/s1. The highest BCUT2D eigenvalue weighted by Crippen LogP contribution is 2.23. The number of nitrogens with zero attached hydrogens (tertiary/aromatic N) is 5. The normalized spacial score (nSPS) is 18.8. The summed E-state index contributed by atoms with van der Waals surface area (Å²) in [7, 11) is -4.08. The highest BCUT2D eigenvalue weighted by molar-refractivity contribution is 7.89. The molecule has 270 valence electrons. The second kappa shape index (κ2) is 16.9. The number of carbonyl (C=O) groups excluding carboxylic acids is 2. The lowest BCUT2D eigenvalue weighted by Gasteiger charge is -2.34. The summed E-state index contributed by atoms with van der Waals surface area (Å²) in [5.41, 5.74) is 2.19. The van der Waals surface area contributed by atoms with E-state index in [4.69, 9.17) is 5.21 Å². The van der Waals surface area contributed by atoms with Crippen LogP contribution in [0.5, 0.6) is 0 Å². The summed E-state index contributed by atoms with van der Waals surface area (Å²) in [5, 5.41) is 33.0. The number of carbonyl (C=O) groups is 2. The molecule has 2 aliphatic heterocycles. The lowest BCUT2D eigenvalue weighted by molar-refractivity contribution is -0.128. The fraction of sp³-hybridized carbons (Fsp3) is 0.486. The van der Waals surface area contributed by atoms with Crippen molar-refractivity contribution in [1.82, 2.24) is 29.7 Å². The number of rotatable bonds is 16. The van der Waals surface area contributed by atoms with Crippen molar-refractivity contribution in [3.05, 3.63) is 81.8 Å². The molecular weight excluding hydrogens is 679 g/mol. The van der Waals surface area contributed by atoms with Gasteiger partial charge < -0.3 is 30.7 Å². The Kier molecular flexibility index (Phi) is 12.6. The Labute approximate surface area is 298 Å². The monoisotopic (exact) mass is 725 g/mol. The zero-order chi connectivity index (χ0) is 35.8. The zero-order valence-electron chi connectivity index (χ0n) is 28.7. The maximum Gasteiger partial charge on any atom is 0.321 e. The molecule has 0 radical (unpaired) electrons. The summed E-state index contributed by atoms with van der Waals surface area (Å²) in [6, 6.07) is 13.3. The fourth-order valence-electron chi connectivity index (χ4n) is 6.61. The molecule has 3 amide bonds. The molecule has 4 N–H and O–H groups in total. The Balaban J connectivity index is 1.38. The van der Waals surface area contributed by atoms with E-state index >= 15 is 0 Å². The van der Waals surface area contributed by atoms with Gasteiger partial charge in [0.25, 0.3) is 0 Å². The van der Waals surface area contributed by atoms with Gasteiger partial charge in [-0.05, 0) is 61.9 Å². The Morgan fingerprint density at radius 1 is 1.18 bits per heavy atom. The molecule has 0 spiro atoms. The van der Waals surface area contributed by atoms with E-state index in [1.54, 1.807) is 9.80 Å². The van der Waals surface area contributed by atoms with Crippen molar-refractivity contribution in [3.8, 4) is 0 Å². The molecule has 13 nitrogen and oxygen atoms in total. The minimum Gasteiger partial charge on any atom is -0.411 e. The summed E-state index contributed by atoms with van der Waals surface area (Å²) in [5.74, 6) is -0.646. The minimum absolute atomic E-state index is 0.0335. The molecule has 15 heteroatoms. The smallest absolute Gasteiger partial charge is 0.321 e. The van der Waals surface area contributed by atoms with Gasteiger partial charge in [-0.1, -0.05) is 61.5 Å². The van der Waals surface area contributed by atoms with Crippen LogP contribution in [-0.2, 0) is 27.8 Å². The van der Waals surface area contributed by atoms with Crippen LogP contribution in [0.4, 0.5) is 4.79 Å². The van der Waals surface area contributed by atoms with Gasteiger partial charge in [0.1, 0.15) is 6.04 Å². The van der Waals surface area contributed by atoms with Crippen LogP contribution >= 0.6 is 11.3 Å². The van der Waals surface area contributed by atoms with Crippen molar-refractivity contribution in [2.24, 2.45) is 11.1 Å². The number of thiazole rings is 1. The molecule has 3 heterocycles. The third kappa shape index (κ3) is 9.26. The van der Waals surface area contributed by atoms with Crippen LogP contribution in [0.3, 0.4) is 0 Å². The molecule has 1 unspecified atom stereocenters. The van der Waals surface area contributed by atoms with Crippen LogP contribution in [0.25, 0.3) is 0 Å². The van der Waals surface area contributed by atoms with Crippen LogP contribution in [0.1, 0.15) is 48.5 Å². The summed E-state index contributed by atoms with van der Waals surface area (Å²) in [6.07, 6.45) is 1.86. The van der Waals surface area contributed by atoms with Crippen molar-refractivity contribution in [3.63, 3.8) is 0 Å². The predicted octanol–water partition coefficient (Wildman–Crippen LogP) is 3.05. The Bertz CT molecular complexity index is 1710. The first-order valence-corrected chi connectivity index (χ1v) is 19.3. The molecule has 2 fully saturated rings. The molecule has 3 aromatic rings. The van der Waals surface area contributed by atoms with Gasteiger partial charge in [-0.3, -0.25) is 4.79 Å². The van der Waals surface area contributed by atoms with Gasteiger partial charge in [-0.25, -0.2) is 18.2 Å². The average molecular weight is 726 g/mol. The molecule has 0 bridgehead atoms. The van der Waals surface area contributed by atoms with Gasteiger partial charge in [-0.15, -0.1) is 11.3 Å². The molecule has 0 aliphatic carbocycles. The first-order chi connectivity index (χ1) is 24.0. The van der Waals surface area contributed by atoms with Gasteiger partial charge in [0.2, 0.25) is 15.9 Å². The van der Waals surface area contributed by atoms with Gasteiger partial charge >= 0.3 is 6.03 Å². The van der Waals surface area contributed by atoms with E-state index in [9.17, 15) is 23.1 Å². The number of amides is 3. The Morgan fingerprint density at radius 3 is 2.54 bits per heavy atom. The maximum atomic E-state index is 14.1. The number of aliphatic hydroxyl groups excluding tert-OH is 1. The van der Waals surface area contributed by atoms with Crippen molar-refractivity contribution in [1.29, 1.82) is 0 Å². The molecule has 1 aromatic heterocycles. The Morgan fingerprint density at radius 2 is 1.92 bits per heavy atom. The van der Waals surface area contributed by atoms with Gasteiger partial charge in [0.05, 0.1) is 40.5 Å². The van der Waals surface area contributed by atoms with Crippen molar-refractivity contribution in [2.75, 3.05) is 32.7 Å². The van der Waals surface area contributed by atoms with Crippen molar-refractivity contribution in [2.45, 2.75) is 75.7 Å². The molecule has 50 heavy (non-hydrogen) atoms. The SMILES string of the molecule is Cc1nc(CN2CCN([C@H](C(=O)N[C@@H](Cc3ccccc3)[C@H](O)CN(CC3CCCN3)S(=O)(=O)c3ccc(C=NO)cc3)C(C)C)C2=O)cs1. The second-order valence-corrected chi connectivity index (χ2v) is 16.2. The molecule has 5 rings (SSSR count). The van der Waals surface area contributed by atoms with Gasteiger partial charge in [0.15, 0.2) is 0 Å². The highest BCUT2D eigenvalue weighted by atomic mass is 32.2. The molecule has 4 atom stereocenters. The third-order valence-corrected chi connectivity index (χ3v) is 11.8. The fourth-order valence-corrected chi connectivity index (χ4v) is 8.72. The number of oxime groups is 1. The number of hydrogen-bond acceptors (Lipinski definition) is 10.